The second-order valence-electron chi connectivity index (χ2n) is 11.5. The number of benzene rings is 4. The predicted molar refractivity (Wildman–Crippen MR) is 178 cm³/mol. The van der Waals surface area contributed by atoms with E-state index in [1.807, 2.05) is 42.3 Å². The Labute approximate surface area is 263 Å². The van der Waals surface area contributed by atoms with Gasteiger partial charge < -0.3 is 20.9 Å². The van der Waals surface area contributed by atoms with Crippen molar-refractivity contribution in [3.8, 4) is 0 Å². The number of nitrogens with two attached hydrogens (primary N) is 1. The van der Waals surface area contributed by atoms with Crippen molar-refractivity contribution in [2.24, 2.45) is 5.73 Å². The maximum absolute atomic E-state index is 13.9. The second-order valence-corrected chi connectivity index (χ2v) is 12.1. The van der Waals surface area contributed by atoms with Crippen LogP contribution in [-0.4, -0.2) is 66.9 Å². The summed E-state index contributed by atoms with van der Waals surface area (Å²) >= 11 is 3.51. The molecule has 1 fully saturated rings. The van der Waals surface area contributed by atoms with Crippen LogP contribution < -0.4 is 11.1 Å². The first kappa shape index (κ1) is 30.9. The minimum absolute atomic E-state index is 0.0143. The molecule has 6 nitrogen and oxygen atoms in total. The number of alkyl halides is 1. The zero-order valence-electron chi connectivity index (χ0n) is 24.8. The zero-order valence-corrected chi connectivity index (χ0v) is 26.4. The van der Waals surface area contributed by atoms with Crippen molar-refractivity contribution < 1.29 is 9.59 Å². The van der Waals surface area contributed by atoms with E-state index in [9.17, 15) is 9.59 Å². The SMILES string of the molecule is CN(CC1CCN(CC(c2ccccc2)c2ccccc2)C(=O)C(CCCN)N1)C(=O)c1ccc2cc(CBr)ccc2c1. The fraction of sp³-hybridized carbons (Fsp3) is 0.333. The number of carbonyl (C=O) groups is 2. The summed E-state index contributed by atoms with van der Waals surface area (Å²) < 4.78 is 0. The van der Waals surface area contributed by atoms with Gasteiger partial charge in [-0.25, -0.2) is 0 Å². The van der Waals surface area contributed by atoms with E-state index in [0.717, 1.165) is 28.9 Å². The van der Waals surface area contributed by atoms with E-state index < -0.39 is 0 Å². The maximum Gasteiger partial charge on any atom is 0.253 e. The third-order valence-corrected chi connectivity index (χ3v) is 9.09. The van der Waals surface area contributed by atoms with Gasteiger partial charge in [0.05, 0.1) is 6.04 Å². The number of rotatable bonds is 11. The molecule has 5 rings (SSSR count). The number of likely N-dealkylation sites (N-methyl/N-ethyl adjacent to an activating group) is 1. The van der Waals surface area contributed by atoms with Crippen LogP contribution in [0.4, 0.5) is 0 Å². The van der Waals surface area contributed by atoms with Crippen LogP contribution in [0.3, 0.4) is 0 Å². The number of carbonyl (C=O) groups excluding carboxylic acids is 2. The summed E-state index contributed by atoms with van der Waals surface area (Å²) in [6.07, 6.45) is 2.18. The number of hydrogen-bond acceptors (Lipinski definition) is 4. The molecular formula is C36H41BrN4O2. The molecule has 0 aromatic heterocycles. The number of amides is 2. The lowest BCUT2D eigenvalue weighted by atomic mass is 9.90. The molecule has 1 heterocycles. The fourth-order valence-corrected chi connectivity index (χ4v) is 6.42. The van der Waals surface area contributed by atoms with Gasteiger partial charge in [0, 0.05) is 49.5 Å². The Balaban J connectivity index is 1.32. The summed E-state index contributed by atoms with van der Waals surface area (Å²) in [4.78, 5) is 31.3. The Hall–Kier alpha value is -3.52. The molecule has 0 bridgehead atoms. The van der Waals surface area contributed by atoms with Crippen molar-refractivity contribution in [3.05, 3.63) is 119 Å². The molecule has 1 aliphatic heterocycles. The molecule has 4 aromatic carbocycles. The molecule has 2 amide bonds. The maximum atomic E-state index is 13.9. The van der Waals surface area contributed by atoms with E-state index in [2.05, 4.69) is 88.0 Å². The van der Waals surface area contributed by atoms with Crippen LogP contribution in [0.15, 0.2) is 97.1 Å². The van der Waals surface area contributed by atoms with Crippen molar-refractivity contribution >= 4 is 38.5 Å². The van der Waals surface area contributed by atoms with E-state index >= 15 is 0 Å². The van der Waals surface area contributed by atoms with Crippen molar-refractivity contribution in [3.63, 3.8) is 0 Å². The Morgan fingerprint density at radius 3 is 2.28 bits per heavy atom. The third kappa shape index (κ3) is 7.71. The molecule has 43 heavy (non-hydrogen) atoms. The Bertz CT molecular complexity index is 1470. The highest BCUT2D eigenvalue weighted by molar-refractivity contribution is 9.08. The predicted octanol–water partition coefficient (Wildman–Crippen LogP) is 5.94. The number of halogens is 1. The smallest absolute Gasteiger partial charge is 0.253 e. The first-order valence-electron chi connectivity index (χ1n) is 15.2. The Morgan fingerprint density at radius 1 is 0.977 bits per heavy atom. The highest BCUT2D eigenvalue weighted by Crippen LogP contribution is 2.27. The summed E-state index contributed by atoms with van der Waals surface area (Å²) in [7, 11) is 1.85. The van der Waals surface area contributed by atoms with Crippen LogP contribution in [-0.2, 0) is 10.1 Å². The van der Waals surface area contributed by atoms with Gasteiger partial charge in [-0.3, -0.25) is 9.59 Å². The molecule has 4 aromatic rings. The van der Waals surface area contributed by atoms with Gasteiger partial charge in [0.15, 0.2) is 0 Å². The molecule has 0 aliphatic carbocycles. The zero-order chi connectivity index (χ0) is 30.2. The molecule has 2 unspecified atom stereocenters. The number of nitrogens with one attached hydrogen (secondary N) is 1. The van der Waals surface area contributed by atoms with Crippen LogP contribution in [0.25, 0.3) is 10.8 Å². The monoisotopic (exact) mass is 640 g/mol. The van der Waals surface area contributed by atoms with Gasteiger partial charge in [-0.1, -0.05) is 101 Å². The molecule has 2 atom stereocenters. The molecule has 224 valence electrons. The highest BCUT2D eigenvalue weighted by atomic mass is 79.9. The summed E-state index contributed by atoms with van der Waals surface area (Å²) in [5, 5.41) is 6.58. The molecule has 7 heteroatoms. The van der Waals surface area contributed by atoms with Gasteiger partial charge in [0.25, 0.3) is 5.91 Å². The largest absolute Gasteiger partial charge is 0.340 e. The molecule has 1 aliphatic rings. The first-order chi connectivity index (χ1) is 21.0. The summed E-state index contributed by atoms with van der Waals surface area (Å²) in [6.45, 7) is 2.27. The summed E-state index contributed by atoms with van der Waals surface area (Å²) in [6, 6.07) is 32.7. The van der Waals surface area contributed by atoms with Crippen LogP contribution >= 0.6 is 15.9 Å². The topological polar surface area (TPSA) is 78.7 Å². The normalized spacial score (nSPS) is 17.3. The van der Waals surface area contributed by atoms with Crippen molar-refractivity contribution in [2.45, 2.75) is 42.6 Å². The first-order valence-corrected chi connectivity index (χ1v) is 16.3. The highest BCUT2D eigenvalue weighted by Gasteiger charge is 2.33. The molecular weight excluding hydrogens is 600 g/mol. The standard InChI is InChI=1S/C36H41BrN4O2/c1-40(35(42)31-17-16-29-21-26(23-37)14-15-30(29)22-31)24-32-18-20-41(36(43)34(39-32)13-8-19-38)25-33(27-9-4-2-5-10-27)28-11-6-3-7-12-28/h2-7,9-12,14-17,21-22,32-34,39H,8,13,18-20,23-25,38H2,1H3. The quantitative estimate of drug-likeness (QED) is 0.199. The van der Waals surface area contributed by atoms with Gasteiger partial charge in [-0.15, -0.1) is 0 Å². The van der Waals surface area contributed by atoms with Gasteiger partial charge in [-0.2, -0.15) is 0 Å². The van der Waals surface area contributed by atoms with Crippen LogP contribution in [0.5, 0.6) is 0 Å². The van der Waals surface area contributed by atoms with E-state index in [-0.39, 0.29) is 29.8 Å². The molecule has 0 spiro atoms. The molecule has 1 saturated heterocycles. The minimum Gasteiger partial charge on any atom is -0.340 e. The van der Waals surface area contributed by atoms with Crippen molar-refractivity contribution in [1.29, 1.82) is 0 Å². The Morgan fingerprint density at radius 2 is 1.63 bits per heavy atom. The van der Waals surface area contributed by atoms with E-state index in [4.69, 9.17) is 5.73 Å². The average molecular weight is 642 g/mol. The van der Waals surface area contributed by atoms with Gasteiger partial charge in [0.2, 0.25) is 5.91 Å². The lowest BCUT2D eigenvalue weighted by molar-refractivity contribution is -0.133. The Kier molecular flexibility index (Phi) is 10.6. The molecule has 0 radical (unpaired) electrons. The van der Waals surface area contributed by atoms with Crippen LogP contribution in [0, 0.1) is 0 Å². The summed E-state index contributed by atoms with van der Waals surface area (Å²) in [5.41, 5.74) is 10.1. The fourth-order valence-electron chi connectivity index (χ4n) is 6.08. The van der Waals surface area contributed by atoms with E-state index in [0.29, 0.717) is 38.2 Å². The third-order valence-electron chi connectivity index (χ3n) is 8.44. The van der Waals surface area contributed by atoms with Crippen LogP contribution in [0.2, 0.25) is 0 Å². The lowest BCUT2D eigenvalue weighted by Gasteiger charge is -2.29. The number of hydrogen-bond donors (Lipinski definition) is 2. The van der Waals surface area contributed by atoms with E-state index in [1.165, 1.54) is 16.7 Å². The lowest BCUT2D eigenvalue weighted by Crippen LogP contribution is -2.49. The molecule has 3 N–H and O–H groups in total. The van der Waals surface area contributed by atoms with Crippen LogP contribution in [0.1, 0.15) is 52.2 Å². The summed E-state index contributed by atoms with van der Waals surface area (Å²) in [5.74, 6) is 0.160. The number of fused-ring (bicyclic) bond motifs is 1. The number of nitrogens with zero attached hydrogens (tertiary/aromatic N) is 2. The van der Waals surface area contributed by atoms with Crippen molar-refractivity contribution in [2.75, 3.05) is 33.2 Å². The minimum atomic E-state index is -0.337. The van der Waals surface area contributed by atoms with Gasteiger partial charge in [-0.05, 0) is 65.4 Å². The van der Waals surface area contributed by atoms with Crippen molar-refractivity contribution in [1.82, 2.24) is 15.1 Å². The van der Waals surface area contributed by atoms with E-state index in [1.54, 1.807) is 4.90 Å². The average Bonchev–Trinajstić information content (AvgIpc) is 3.20. The van der Waals surface area contributed by atoms with Gasteiger partial charge in [0.1, 0.15) is 0 Å². The second kappa shape index (κ2) is 14.8. The molecule has 0 saturated carbocycles. The van der Waals surface area contributed by atoms with Gasteiger partial charge >= 0.3 is 0 Å².